The topological polar surface area (TPSA) is 47.6 Å². The van der Waals surface area contributed by atoms with E-state index in [4.69, 9.17) is 44.3 Å². The average Bonchev–Trinajstić information content (AvgIpc) is 2.55. The normalized spacial score (nSPS) is 12.4. The lowest BCUT2D eigenvalue weighted by atomic mass is 10.2. The lowest BCUT2D eigenvalue weighted by Crippen LogP contribution is -2.47. The molecule has 0 spiro atoms. The second kappa shape index (κ2) is 8.30. The maximum Gasteiger partial charge on any atom is 0.254 e. The van der Waals surface area contributed by atoms with Gasteiger partial charge in [-0.05, 0) is 48.5 Å². The Morgan fingerprint density at radius 3 is 2.08 bits per heavy atom. The highest BCUT2D eigenvalue weighted by Gasteiger charge is 2.36. The van der Waals surface area contributed by atoms with E-state index in [1.165, 1.54) is 0 Å². The molecular weight excluding hydrogens is 440 g/mol. The summed E-state index contributed by atoms with van der Waals surface area (Å²) in [5.41, 5.74) is 0.384. The van der Waals surface area contributed by atoms with E-state index >= 15 is 0 Å². The first kappa shape index (κ1) is 19.2. The van der Waals surface area contributed by atoms with E-state index < -0.39 is 15.9 Å². The van der Waals surface area contributed by atoms with Gasteiger partial charge in [0.15, 0.2) is 0 Å². The first-order valence-corrected chi connectivity index (χ1v) is 8.66. The van der Waals surface area contributed by atoms with Gasteiger partial charge in [0.05, 0.1) is 7.11 Å². The van der Waals surface area contributed by atoms with E-state index in [0.717, 1.165) is 4.47 Å². The fourth-order valence-corrected chi connectivity index (χ4v) is 2.33. The number of amides is 1. The van der Waals surface area contributed by atoms with Crippen molar-refractivity contribution < 1.29 is 14.3 Å². The molecule has 2 aromatic carbocycles. The molecule has 0 aliphatic heterocycles. The standard InChI is InChI=1S/C16H13BrCl3NO3/c1-23-12-6-2-10(3-7-12)14(22)21-15(16(18,19)20)24-13-8-4-11(17)5-9-13/h2-9,15H,1H3,(H,21,22)/t15-/m1/s1. The Labute approximate surface area is 163 Å². The number of benzene rings is 2. The molecule has 2 aromatic rings. The number of halogens is 4. The van der Waals surface area contributed by atoms with E-state index in [-0.39, 0.29) is 0 Å². The van der Waals surface area contributed by atoms with Gasteiger partial charge in [-0.15, -0.1) is 0 Å². The maximum atomic E-state index is 12.3. The van der Waals surface area contributed by atoms with Crippen molar-refractivity contribution in [3.8, 4) is 11.5 Å². The number of nitrogens with one attached hydrogen (secondary N) is 1. The SMILES string of the molecule is COc1ccc(C(=O)N[C@H](Oc2ccc(Br)cc2)C(Cl)(Cl)Cl)cc1. The number of hydrogen-bond acceptors (Lipinski definition) is 3. The summed E-state index contributed by atoms with van der Waals surface area (Å²) < 4.78 is 9.67. The highest BCUT2D eigenvalue weighted by atomic mass is 79.9. The van der Waals surface area contributed by atoms with Crippen molar-refractivity contribution in [2.24, 2.45) is 0 Å². The second-order valence-corrected chi connectivity index (χ2v) is 7.98. The molecule has 0 fully saturated rings. The summed E-state index contributed by atoms with van der Waals surface area (Å²) in [6.45, 7) is 0. The fourth-order valence-electron chi connectivity index (χ4n) is 1.77. The van der Waals surface area contributed by atoms with Crippen molar-refractivity contribution in [2.75, 3.05) is 7.11 Å². The van der Waals surface area contributed by atoms with Gasteiger partial charge in [-0.2, -0.15) is 0 Å². The average molecular weight is 454 g/mol. The van der Waals surface area contributed by atoms with Crippen molar-refractivity contribution >= 4 is 56.6 Å². The highest BCUT2D eigenvalue weighted by molar-refractivity contribution is 9.10. The predicted molar refractivity (Wildman–Crippen MR) is 99.3 cm³/mol. The van der Waals surface area contributed by atoms with E-state index in [9.17, 15) is 4.79 Å². The zero-order valence-electron chi connectivity index (χ0n) is 12.4. The number of hydrogen-bond donors (Lipinski definition) is 1. The van der Waals surface area contributed by atoms with Crippen LogP contribution in [0.15, 0.2) is 53.0 Å². The molecular formula is C16H13BrCl3NO3. The van der Waals surface area contributed by atoms with E-state index in [2.05, 4.69) is 21.2 Å². The molecule has 0 bridgehead atoms. The van der Waals surface area contributed by atoms with Crippen LogP contribution in [-0.2, 0) is 0 Å². The predicted octanol–water partition coefficient (Wildman–Crippen LogP) is 4.96. The monoisotopic (exact) mass is 451 g/mol. The van der Waals surface area contributed by atoms with E-state index in [1.807, 2.05) is 0 Å². The Balaban J connectivity index is 2.13. The minimum Gasteiger partial charge on any atom is -0.497 e. The molecule has 1 atom stereocenters. The smallest absolute Gasteiger partial charge is 0.254 e. The van der Waals surface area contributed by atoms with Crippen LogP contribution in [-0.4, -0.2) is 23.0 Å². The van der Waals surface area contributed by atoms with Crippen LogP contribution in [0.5, 0.6) is 11.5 Å². The Bertz CT molecular complexity index is 687. The van der Waals surface area contributed by atoms with Crippen LogP contribution < -0.4 is 14.8 Å². The summed E-state index contributed by atoms with van der Waals surface area (Å²) in [5, 5.41) is 2.56. The Hall–Kier alpha value is -1.14. The molecule has 2 rings (SSSR count). The minimum atomic E-state index is -1.85. The van der Waals surface area contributed by atoms with Crippen LogP contribution in [0.4, 0.5) is 0 Å². The van der Waals surface area contributed by atoms with Crippen molar-refractivity contribution in [3.05, 3.63) is 58.6 Å². The maximum absolute atomic E-state index is 12.3. The summed E-state index contributed by atoms with van der Waals surface area (Å²) in [6, 6.07) is 13.4. The molecule has 0 heterocycles. The highest BCUT2D eigenvalue weighted by Crippen LogP contribution is 2.32. The number of alkyl halides is 3. The number of ether oxygens (including phenoxy) is 2. The van der Waals surface area contributed by atoms with Gasteiger partial charge >= 0.3 is 0 Å². The number of methoxy groups -OCH3 is 1. The zero-order chi connectivity index (χ0) is 17.7. The van der Waals surface area contributed by atoms with Gasteiger partial charge in [0.25, 0.3) is 5.91 Å². The number of carbonyl (C=O) groups is 1. The number of rotatable bonds is 5. The Morgan fingerprint density at radius 2 is 1.58 bits per heavy atom. The summed E-state index contributed by atoms with van der Waals surface area (Å²) in [4.78, 5) is 12.3. The largest absolute Gasteiger partial charge is 0.497 e. The first-order chi connectivity index (χ1) is 11.3. The van der Waals surface area contributed by atoms with Gasteiger partial charge in [-0.25, -0.2) is 0 Å². The third-order valence-electron chi connectivity index (χ3n) is 2.98. The molecule has 24 heavy (non-hydrogen) atoms. The Kier molecular flexibility index (Phi) is 6.63. The summed E-state index contributed by atoms with van der Waals surface area (Å²) in [7, 11) is 1.54. The van der Waals surface area contributed by atoms with Gasteiger partial charge in [-0.3, -0.25) is 4.79 Å². The summed E-state index contributed by atoms with van der Waals surface area (Å²) in [6.07, 6.45) is -1.17. The molecule has 0 radical (unpaired) electrons. The first-order valence-electron chi connectivity index (χ1n) is 6.73. The molecule has 1 N–H and O–H groups in total. The van der Waals surface area contributed by atoms with Crippen LogP contribution in [0.1, 0.15) is 10.4 Å². The van der Waals surface area contributed by atoms with Crippen LogP contribution in [0, 0.1) is 0 Å². The number of carbonyl (C=O) groups excluding carboxylic acids is 1. The molecule has 0 unspecified atom stereocenters. The molecule has 0 aliphatic rings. The van der Waals surface area contributed by atoms with E-state index in [0.29, 0.717) is 17.1 Å². The zero-order valence-corrected chi connectivity index (χ0v) is 16.3. The van der Waals surface area contributed by atoms with Crippen molar-refractivity contribution in [1.29, 1.82) is 0 Å². The third-order valence-corrected chi connectivity index (χ3v) is 4.10. The van der Waals surface area contributed by atoms with Gasteiger partial charge < -0.3 is 14.8 Å². The van der Waals surface area contributed by atoms with Gasteiger partial charge in [0, 0.05) is 10.0 Å². The molecule has 128 valence electrons. The lowest BCUT2D eigenvalue weighted by Gasteiger charge is -2.26. The summed E-state index contributed by atoms with van der Waals surface area (Å²) in [5.74, 6) is 0.645. The molecule has 0 saturated heterocycles. The van der Waals surface area contributed by atoms with Gasteiger partial charge in [-0.1, -0.05) is 50.7 Å². The third kappa shape index (κ3) is 5.45. The van der Waals surface area contributed by atoms with Crippen molar-refractivity contribution in [1.82, 2.24) is 5.32 Å². The van der Waals surface area contributed by atoms with Crippen LogP contribution in [0.3, 0.4) is 0 Å². The molecule has 8 heteroatoms. The molecule has 1 amide bonds. The molecule has 0 saturated carbocycles. The lowest BCUT2D eigenvalue weighted by molar-refractivity contribution is 0.0833. The quantitative estimate of drug-likeness (QED) is 0.514. The van der Waals surface area contributed by atoms with E-state index in [1.54, 1.807) is 55.6 Å². The van der Waals surface area contributed by atoms with Crippen molar-refractivity contribution in [3.63, 3.8) is 0 Å². The Morgan fingerprint density at radius 1 is 1.04 bits per heavy atom. The summed E-state index contributed by atoms with van der Waals surface area (Å²) >= 11 is 21.1. The van der Waals surface area contributed by atoms with Crippen LogP contribution in [0.25, 0.3) is 0 Å². The van der Waals surface area contributed by atoms with Crippen LogP contribution >= 0.6 is 50.7 Å². The second-order valence-electron chi connectivity index (χ2n) is 4.70. The fraction of sp³-hybridized carbons (Fsp3) is 0.188. The molecule has 4 nitrogen and oxygen atoms in total. The molecule has 0 aliphatic carbocycles. The molecule has 0 aromatic heterocycles. The van der Waals surface area contributed by atoms with Gasteiger partial charge in [0.1, 0.15) is 11.5 Å². The van der Waals surface area contributed by atoms with Crippen LogP contribution in [0.2, 0.25) is 0 Å². The minimum absolute atomic E-state index is 0.384. The van der Waals surface area contributed by atoms with Crippen molar-refractivity contribution in [2.45, 2.75) is 10.0 Å². The van der Waals surface area contributed by atoms with Gasteiger partial charge in [0.2, 0.25) is 10.0 Å².